The molecule has 1 fully saturated rings. The van der Waals surface area contributed by atoms with Crippen LogP contribution in [0, 0.1) is 18.6 Å². The third-order valence-electron chi connectivity index (χ3n) is 3.49. The van der Waals surface area contributed by atoms with E-state index in [1.165, 1.54) is 17.0 Å². The molecule has 6 heteroatoms. The monoisotopic (exact) mass is 330 g/mol. The van der Waals surface area contributed by atoms with Crippen LogP contribution in [-0.2, 0) is 4.79 Å². The van der Waals surface area contributed by atoms with Crippen molar-refractivity contribution < 1.29 is 13.6 Å². The fourth-order valence-electron chi connectivity index (χ4n) is 2.34. The lowest BCUT2D eigenvalue weighted by Gasteiger charge is -2.16. The van der Waals surface area contributed by atoms with Gasteiger partial charge in [-0.1, -0.05) is 24.3 Å². The normalized spacial score (nSPS) is 16.1. The number of nitrogens with one attached hydrogen (secondary N) is 1. The molecular weight excluding hydrogens is 318 g/mol. The van der Waals surface area contributed by atoms with Crippen molar-refractivity contribution in [3.8, 4) is 0 Å². The first-order chi connectivity index (χ1) is 11.0. The maximum absolute atomic E-state index is 13.3. The Hall–Kier alpha value is -2.60. The van der Waals surface area contributed by atoms with Crippen LogP contribution < -0.4 is 10.2 Å². The Labute approximate surface area is 137 Å². The topological polar surface area (TPSA) is 32.3 Å². The van der Waals surface area contributed by atoms with Gasteiger partial charge in [-0.05, 0) is 54.5 Å². The lowest BCUT2D eigenvalue weighted by molar-refractivity contribution is -0.113. The molecule has 0 spiro atoms. The number of rotatable bonds is 2. The fourth-order valence-corrected chi connectivity index (χ4v) is 2.63. The molecule has 1 N–H and O–H groups in total. The molecule has 1 amide bonds. The maximum atomic E-state index is 13.3. The van der Waals surface area contributed by atoms with E-state index in [-0.39, 0.29) is 16.7 Å². The summed E-state index contributed by atoms with van der Waals surface area (Å²) >= 11 is 5.22. The van der Waals surface area contributed by atoms with E-state index in [1.807, 2.05) is 25.1 Å². The molecule has 0 unspecified atom stereocenters. The van der Waals surface area contributed by atoms with Crippen molar-refractivity contribution in [1.29, 1.82) is 0 Å². The maximum Gasteiger partial charge on any atom is 0.281 e. The van der Waals surface area contributed by atoms with Gasteiger partial charge in [0.1, 0.15) is 5.70 Å². The second-order valence-corrected chi connectivity index (χ2v) is 5.48. The number of hydrogen-bond acceptors (Lipinski definition) is 2. The van der Waals surface area contributed by atoms with Crippen molar-refractivity contribution in [3.05, 3.63) is 70.9 Å². The summed E-state index contributed by atoms with van der Waals surface area (Å²) in [4.78, 5) is 13.9. The fraction of sp³-hybridized carbons (Fsp3) is 0.0588. The standard InChI is InChI=1S/C17H12F2N2OS/c1-10-4-2-3-5-15(10)21-16(22)14(20-17(21)23)9-11-6-7-12(18)13(19)8-11/h2-9H,1H3,(H,20,23)/b14-9+. The Balaban J connectivity index is 1.96. The quantitative estimate of drug-likeness (QED) is 0.675. The highest BCUT2D eigenvalue weighted by Gasteiger charge is 2.32. The molecule has 2 aromatic rings. The minimum absolute atomic E-state index is 0.212. The first-order valence-electron chi connectivity index (χ1n) is 6.85. The summed E-state index contributed by atoms with van der Waals surface area (Å²) in [7, 11) is 0. The molecule has 0 aromatic heterocycles. The minimum Gasteiger partial charge on any atom is -0.327 e. The zero-order valence-electron chi connectivity index (χ0n) is 12.1. The zero-order chi connectivity index (χ0) is 16.6. The average molecular weight is 330 g/mol. The van der Waals surface area contributed by atoms with Gasteiger partial charge < -0.3 is 5.32 Å². The first-order valence-corrected chi connectivity index (χ1v) is 7.26. The lowest BCUT2D eigenvalue weighted by Crippen LogP contribution is -2.30. The van der Waals surface area contributed by atoms with E-state index in [0.29, 0.717) is 11.3 Å². The van der Waals surface area contributed by atoms with Crippen molar-refractivity contribution in [2.24, 2.45) is 0 Å². The SMILES string of the molecule is Cc1ccccc1N1C(=O)/C(=C\c2ccc(F)c(F)c2)NC1=S. The number of thiocarbonyl (C=S) groups is 1. The Morgan fingerprint density at radius 3 is 2.57 bits per heavy atom. The zero-order valence-corrected chi connectivity index (χ0v) is 13.0. The molecular formula is C17H12F2N2OS. The molecule has 3 nitrogen and oxygen atoms in total. The van der Waals surface area contributed by atoms with Crippen molar-refractivity contribution in [3.63, 3.8) is 0 Å². The van der Waals surface area contributed by atoms with Crippen molar-refractivity contribution in [2.75, 3.05) is 4.90 Å². The Kier molecular flexibility index (Phi) is 3.92. The number of aryl methyl sites for hydroxylation is 1. The lowest BCUT2D eigenvalue weighted by atomic mass is 10.1. The van der Waals surface area contributed by atoms with E-state index in [4.69, 9.17) is 12.2 Å². The molecule has 0 radical (unpaired) electrons. The number of benzene rings is 2. The summed E-state index contributed by atoms with van der Waals surface area (Å²) in [5.74, 6) is -2.24. The third kappa shape index (κ3) is 2.85. The molecule has 23 heavy (non-hydrogen) atoms. The minimum atomic E-state index is -0.969. The van der Waals surface area contributed by atoms with Crippen LogP contribution in [0.2, 0.25) is 0 Å². The van der Waals surface area contributed by atoms with E-state index in [9.17, 15) is 13.6 Å². The van der Waals surface area contributed by atoms with E-state index in [0.717, 1.165) is 17.7 Å². The number of amides is 1. The number of para-hydroxylation sites is 1. The summed E-state index contributed by atoms with van der Waals surface area (Å²) in [6.07, 6.45) is 1.44. The van der Waals surface area contributed by atoms with E-state index in [1.54, 1.807) is 6.07 Å². The second-order valence-electron chi connectivity index (χ2n) is 5.09. The predicted molar refractivity (Wildman–Crippen MR) is 88.7 cm³/mol. The molecule has 116 valence electrons. The van der Waals surface area contributed by atoms with Crippen LogP contribution in [0.3, 0.4) is 0 Å². The van der Waals surface area contributed by atoms with Gasteiger partial charge in [0, 0.05) is 0 Å². The molecule has 0 saturated carbocycles. The van der Waals surface area contributed by atoms with Gasteiger partial charge in [-0.25, -0.2) is 8.78 Å². The van der Waals surface area contributed by atoms with Crippen LogP contribution in [-0.4, -0.2) is 11.0 Å². The van der Waals surface area contributed by atoms with Gasteiger partial charge in [0.05, 0.1) is 5.69 Å². The smallest absolute Gasteiger partial charge is 0.281 e. The van der Waals surface area contributed by atoms with Crippen LogP contribution in [0.4, 0.5) is 14.5 Å². The summed E-state index contributed by atoms with van der Waals surface area (Å²) in [5.41, 5.74) is 2.17. The molecule has 0 atom stereocenters. The van der Waals surface area contributed by atoms with E-state index in [2.05, 4.69) is 5.32 Å². The van der Waals surface area contributed by atoms with Gasteiger partial charge in [-0.15, -0.1) is 0 Å². The highest BCUT2D eigenvalue weighted by Crippen LogP contribution is 2.25. The number of carbonyl (C=O) groups is 1. The summed E-state index contributed by atoms with van der Waals surface area (Å²) in [5, 5.41) is 3.06. The predicted octanol–water partition coefficient (Wildman–Crippen LogP) is 3.54. The highest BCUT2D eigenvalue weighted by atomic mass is 32.1. The average Bonchev–Trinajstić information content (AvgIpc) is 2.78. The van der Waals surface area contributed by atoms with Crippen molar-refractivity contribution in [2.45, 2.75) is 6.92 Å². The molecule has 0 aliphatic carbocycles. The summed E-state index contributed by atoms with van der Waals surface area (Å²) in [6.45, 7) is 1.88. The van der Waals surface area contributed by atoms with Crippen molar-refractivity contribution in [1.82, 2.24) is 5.32 Å². The molecule has 1 heterocycles. The van der Waals surface area contributed by atoms with Crippen LogP contribution in [0.25, 0.3) is 6.08 Å². The number of nitrogens with zero attached hydrogens (tertiary/aromatic N) is 1. The molecule has 1 saturated heterocycles. The van der Waals surface area contributed by atoms with Crippen LogP contribution in [0.1, 0.15) is 11.1 Å². The molecule has 0 bridgehead atoms. The number of carbonyl (C=O) groups excluding carboxylic acids is 1. The Morgan fingerprint density at radius 2 is 1.87 bits per heavy atom. The van der Waals surface area contributed by atoms with Crippen LogP contribution in [0.5, 0.6) is 0 Å². The van der Waals surface area contributed by atoms with Gasteiger partial charge in [0.2, 0.25) is 0 Å². The number of hydrogen-bond donors (Lipinski definition) is 1. The third-order valence-corrected chi connectivity index (χ3v) is 3.77. The van der Waals surface area contributed by atoms with Gasteiger partial charge >= 0.3 is 0 Å². The van der Waals surface area contributed by atoms with Crippen molar-refractivity contribution >= 4 is 35.0 Å². The second kappa shape index (κ2) is 5.89. The van der Waals surface area contributed by atoms with E-state index < -0.39 is 11.6 Å². The van der Waals surface area contributed by atoms with Crippen LogP contribution >= 0.6 is 12.2 Å². The van der Waals surface area contributed by atoms with Gasteiger partial charge in [-0.3, -0.25) is 9.69 Å². The largest absolute Gasteiger partial charge is 0.327 e. The molecule has 1 aliphatic heterocycles. The van der Waals surface area contributed by atoms with Gasteiger partial charge in [-0.2, -0.15) is 0 Å². The first kappa shape index (κ1) is 15.3. The molecule has 2 aromatic carbocycles. The summed E-state index contributed by atoms with van der Waals surface area (Å²) < 4.78 is 26.2. The van der Waals surface area contributed by atoms with E-state index >= 15 is 0 Å². The summed E-state index contributed by atoms with van der Waals surface area (Å²) in [6, 6.07) is 10.8. The Bertz CT molecular complexity index is 848. The number of halogens is 2. The number of anilines is 1. The van der Waals surface area contributed by atoms with Crippen LogP contribution in [0.15, 0.2) is 48.2 Å². The molecule has 3 rings (SSSR count). The Morgan fingerprint density at radius 1 is 1.13 bits per heavy atom. The van der Waals surface area contributed by atoms with Gasteiger partial charge in [0.25, 0.3) is 5.91 Å². The highest BCUT2D eigenvalue weighted by molar-refractivity contribution is 7.80. The molecule has 1 aliphatic rings. The van der Waals surface area contributed by atoms with Gasteiger partial charge in [0.15, 0.2) is 16.7 Å².